The monoisotopic (exact) mass is 419 g/mol. The molecule has 5 heteroatoms. The van der Waals surface area contributed by atoms with Crippen molar-refractivity contribution in [2.45, 2.75) is 83.5 Å². The molecule has 30 heavy (non-hydrogen) atoms. The molecule has 1 aliphatic carbocycles. The third-order valence-electron chi connectivity index (χ3n) is 7.03. The Hall–Kier alpha value is -0.980. The van der Waals surface area contributed by atoms with E-state index in [2.05, 4.69) is 45.9 Å². The third kappa shape index (κ3) is 5.25. The molecular weight excluding hydrogens is 378 g/mol. The fourth-order valence-electron chi connectivity index (χ4n) is 5.30. The second-order valence-corrected chi connectivity index (χ2v) is 10.5. The van der Waals surface area contributed by atoms with Crippen molar-refractivity contribution < 1.29 is 19.8 Å². The third-order valence-corrected chi connectivity index (χ3v) is 7.03. The Labute approximate surface area is 182 Å². The van der Waals surface area contributed by atoms with Crippen molar-refractivity contribution in [3.63, 3.8) is 0 Å². The van der Waals surface area contributed by atoms with Gasteiger partial charge in [0, 0.05) is 38.0 Å². The first kappa shape index (κ1) is 23.7. The van der Waals surface area contributed by atoms with Crippen LogP contribution in [-0.2, 0) is 15.0 Å². The van der Waals surface area contributed by atoms with Crippen molar-refractivity contribution in [1.82, 2.24) is 5.06 Å². The fraction of sp³-hybridized carbons (Fsp3) is 0.760. The van der Waals surface area contributed by atoms with Crippen LogP contribution in [0.2, 0.25) is 0 Å². The van der Waals surface area contributed by atoms with Gasteiger partial charge in [0.2, 0.25) is 0 Å². The Morgan fingerprint density at radius 3 is 2.53 bits per heavy atom. The molecule has 1 saturated heterocycles. The van der Waals surface area contributed by atoms with Crippen LogP contribution in [0.25, 0.3) is 0 Å². The SMILES string of the molecule is COC1C(CN2C[C@H]([C@H](C)O)[C@H](CO)O2)CCCC1c1cc(C)cc(C(C)(C)C)c1. The maximum atomic E-state index is 10.0. The molecule has 0 spiro atoms. The molecule has 3 unspecified atom stereocenters. The number of methoxy groups -OCH3 is 1. The molecule has 0 amide bonds. The first-order valence-electron chi connectivity index (χ1n) is 11.5. The molecule has 5 nitrogen and oxygen atoms in total. The molecule has 1 aromatic carbocycles. The van der Waals surface area contributed by atoms with Gasteiger partial charge in [0.05, 0.1) is 18.8 Å². The number of hydrogen-bond acceptors (Lipinski definition) is 5. The maximum absolute atomic E-state index is 10.0. The molecule has 1 aliphatic heterocycles. The average Bonchev–Trinajstić information content (AvgIpc) is 3.10. The standard InChI is InChI=1S/C25H41NO4/c1-16-10-19(12-20(11-16)25(3,4)5)21-9-7-8-18(24(21)29-6)13-26-14-22(17(2)28)23(15-27)30-26/h10-12,17-18,21-24,27-28H,7-9,13-15H2,1-6H3/t17-,18?,21?,22+,23-,24?/m0/s1. The molecule has 6 atom stereocenters. The first-order valence-corrected chi connectivity index (χ1v) is 11.5. The molecule has 0 aromatic heterocycles. The van der Waals surface area contributed by atoms with Crippen LogP contribution < -0.4 is 0 Å². The van der Waals surface area contributed by atoms with Gasteiger partial charge in [-0.05, 0) is 43.2 Å². The van der Waals surface area contributed by atoms with Crippen molar-refractivity contribution in [2.75, 3.05) is 26.8 Å². The molecule has 3 rings (SSSR count). The number of nitrogens with zero attached hydrogens (tertiary/aromatic N) is 1. The van der Waals surface area contributed by atoms with Crippen LogP contribution in [0.3, 0.4) is 0 Å². The van der Waals surface area contributed by atoms with Crippen molar-refractivity contribution in [3.05, 3.63) is 34.9 Å². The van der Waals surface area contributed by atoms with E-state index in [0.717, 1.165) is 19.4 Å². The van der Waals surface area contributed by atoms with Gasteiger partial charge >= 0.3 is 0 Å². The second kappa shape index (κ2) is 9.66. The predicted octanol–water partition coefficient (Wildman–Crippen LogP) is 3.80. The number of ether oxygens (including phenoxy) is 1. The molecule has 1 saturated carbocycles. The smallest absolute Gasteiger partial charge is 0.109 e. The van der Waals surface area contributed by atoms with E-state index in [-0.39, 0.29) is 30.1 Å². The quantitative estimate of drug-likeness (QED) is 0.734. The van der Waals surface area contributed by atoms with E-state index < -0.39 is 6.10 Å². The lowest BCUT2D eigenvalue weighted by Gasteiger charge is -2.39. The van der Waals surface area contributed by atoms with Gasteiger partial charge in [0.25, 0.3) is 0 Å². The summed E-state index contributed by atoms with van der Waals surface area (Å²) in [6, 6.07) is 7.00. The lowest BCUT2D eigenvalue weighted by molar-refractivity contribution is -0.174. The highest BCUT2D eigenvalue weighted by atomic mass is 16.7. The van der Waals surface area contributed by atoms with E-state index in [1.807, 2.05) is 12.2 Å². The fourth-order valence-corrected chi connectivity index (χ4v) is 5.30. The minimum Gasteiger partial charge on any atom is -0.394 e. The van der Waals surface area contributed by atoms with Crippen LogP contribution in [0.4, 0.5) is 0 Å². The summed E-state index contributed by atoms with van der Waals surface area (Å²) in [6.07, 6.45) is 2.73. The van der Waals surface area contributed by atoms with Crippen LogP contribution >= 0.6 is 0 Å². The van der Waals surface area contributed by atoms with Crippen LogP contribution in [0.1, 0.15) is 69.6 Å². The lowest BCUT2D eigenvalue weighted by atomic mass is 9.73. The van der Waals surface area contributed by atoms with Crippen LogP contribution in [0, 0.1) is 18.8 Å². The van der Waals surface area contributed by atoms with Gasteiger partial charge in [-0.3, -0.25) is 4.84 Å². The van der Waals surface area contributed by atoms with E-state index in [1.165, 1.54) is 23.1 Å². The molecule has 170 valence electrons. The highest BCUT2D eigenvalue weighted by molar-refractivity contribution is 5.36. The van der Waals surface area contributed by atoms with E-state index in [0.29, 0.717) is 18.4 Å². The summed E-state index contributed by atoms with van der Waals surface area (Å²) in [7, 11) is 1.83. The van der Waals surface area contributed by atoms with Crippen molar-refractivity contribution in [2.24, 2.45) is 11.8 Å². The molecular formula is C25H41NO4. The summed E-state index contributed by atoms with van der Waals surface area (Å²) < 4.78 is 6.09. The van der Waals surface area contributed by atoms with E-state index in [9.17, 15) is 10.2 Å². The van der Waals surface area contributed by atoms with Crippen molar-refractivity contribution >= 4 is 0 Å². The normalized spacial score (nSPS) is 31.8. The number of benzene rings is 1. The molecule has 2 aliphatic rings. The minimum absolute atomic E-state index is 0.0542. The molecule has 2 N–H and O–H groups in total. The molecule has 1 heterocycles. The Kier molecular flexibility index (Phi) is 7.62. The van der Waals surface area contributed by atoms with Crippen molar-refractivity contribution in [3.8, 4) is 0 Å². The summed E-state index contributed by atoms with van der Waals surface area (Å²) in [6.45, 7) is 12.1. The Morgan fingerprint density at radius 1 is 1.23 bits per heavy atom. The topological polar surface area (TPSA) is 62.2 Å². The number of aryl methyl sites for hydroxylation is 1. The zero-order valence-electron chi connectivity index (χ0n) is 19.6. The van der Waals surface area contributed by atoms with Gasteiger partial charge in [-0.15, -0.1) is 0 Å². The average molecular weight is 420 g/mol. The highest BCUT2D eigenvalue weighted by Gasteiger charge is 2.41. The summed E-state index contributed by atoms with van der Waals surface area (Å²) in [5, 5.41) is 21.6. The van der Waals surface area contributed by atoms with Crippen molar-refractivity contribution in [1.29, 1.82) is 0 Å². The first-order chi connectivity index (χ1) is 14.1. The van der Waals surface area contributed by atoms with Gasteiger partial charge in [-0.1, -0.05) is 51.0 Å². The maximum Gasteiger partial charge on any atom is 0.109 e. The Balaban J connectivity index is 1.77. The molecule has 0 bridgehead atoms. The van der Waals surface area contributed by atoms with Gasteiger partial charge in [-0.25, -0.2) is 0 Å². The number of hydroxylamine groups is 2. The second-order valence-electron chi connectivity index (χ2n) is 10.5. The number of aliphatic hydroxyl groups is 2. The van der Waals surface area contributed by atoms with Crippen LogP contribution in [0.15, 0.2) is 18.2 Å². The number of aliphatic hydroxyl groups excluding tert-OH is 2. The summed E-state index contributed by atoms with van der Waals surface area (Å²) in [4.78, 5) is 5.97. The summed E-state index contributed by atoms with van der Waals surface area (Å²) >= 11 is 0. The largest absolute Gasteiger partial charge is 0.394 e. The molecule has 1 aromatic rings. The minimum atomic E-state index is -0.493. The lowest BCUT2D eigenvalue weighted by Crippen LogP contribution is -2.40. The Morgan fingerprint density at radius 2 is 1.97 bits per heavy atom. The summed E-state index contributed by atoms with van der Waals surface area (Å²) in [5.41, 5.74) is 4.19. The molecule has 2 fully saturated rings. The van der Waals surface area contributed by atoms with E-state index in [1.54, 1.807) is 6.92 Å². The van der Waals surface area contributed by atoms with Gasteiger partial charge in [0.1, 0.15) is 6.10 Å². The van der Waals surface area contributed by atoms with Gasteiger partial charge < -0.3 is 14.9 Å². The van der Waals surface area contributed by atoms with Gasteiger partial charge in [0.15, 0.2) is 0 Å². The Bertz CT molecular complexity index is 699. The molecule has 0 radical (unpaired) electrons. The van der Waals surface area contributed by atoms with Crippen LogP contribution in [0.5, 0.6) is 0 Å². The van der Waals surface area contributed by atoms with Crippen LogP contribution in [-0.4, -0.2) is 60.4 Å². The predicted molar refractivity (Wildman–Crippen MR) is 119 cm³/mol. The highest BCUT2D eigenvalue weighted by Crippen LogP contribution is 2.41. The van der Waals surface area contributed by atoms with Gasteiger partial charge in [-0.2, -0.15) is 5.06 Å². The number of rotatable bonds is 6. The van der Waals surface area contributed by atoms with E-state index in [4.69, 9.17) is 9.57 Å². The zero-order chi connectivity index (χ0) is 22.1. The zero-order valence-corrected chi connectivity index (χ0v) is 19.6. The number of hydrogen-bond donors (Lipinski definition) is 2. The van der Waals surface area contributed by atoms with E-state index >= 15 is 0 Å². The summed E-state index contributed by atoms with van der Waals surface area (Å²) in [5.74, 6) is 0.680.